The van der Waals surface area contributed by atoms with E-state index in [9.17, 15) is 24.3 Å². The number of carbonyl (C=O) groups is 4. The van der Waals surface area contributed by atoms with Crippen LogP contribution in [0.4, 0.5) is 4.79 Å². The summed E-state index contributed by atoms with van der Waals surface area (Å²) in [4.78, 5) is 56.1. The summed E-state index contributed by atoms with van der Waals surface area (Å²) < 4.78 is 5.53. The molecule has 1 aliphatic carbocycles. The number of para-hydroxylation sites is 1. The summed E-state index contributed by atoms with van der Waals surface area (Å²) in [7, 11) is 0. The molecule has 2 fully saturated rings. The number of amides is 4. The van der Waals surface area contributed by atoms with Crippen LogP contribution >= 0.6 is 0 Å². The molecule has 200 valence electrons. The molecule has 2 aromatic rings. The van der Waals surface area contributed by atoms with E-state index in [1.54, 1.807) is 27.0 Å². The second-order valence-corrected chi connectivity index (χ2v) is 11.0. The number of nitrogens with zero attached hydrogens (tertiary/aromatic N) is 1. The van der Waals surface area contributed by atoms with Crippen molar-refractivity contribution in [2.75, 3.05) is 0 Å². The van der Waals surface area contributed by atoms with Gasteiger partial charge in [0.2, 0.25) is 17.7 Å². The molecular formula is C26H35N5O6. The van der Waals surface area contributed by atoms with E-state index >= 15 is 0 Å². The Labute approximate surface area is 215 Å². The molecule has 1 aliphatic heterocycles. The molecule has 11 nitrogen and oxygen atoms in total. The van der Waals surface area contributed by atoms with Crippen LogP contribution in [0.5, 0.6) is 0 Å². The lowest BCUT2D eigenvalue weighted by atomic mass is 10.0. The minimum atomic E-state index is -1.33. The quantitative estimate of drug-likeness (QED) is 0.352. The van der Waals surface area contributed by atoms with E-state index < -0.39 is 53.6 Å². The molecule has 0 bridgehead atoms. The number of aromatic nitrogens is 1. The summed E-state index contributed by atoms with van der Waals surface area (Å²) in [5.74, 6) is -1.83. The van der Waals surface area contributed by atoms with E-state index in [0.717, 1.165) is 22.9 Å². The van der Waals surface area contributed by atoms with Gasteiger partial charge in [-0.15, -0.1) is 0 Å². The van der Waals surface area contributed by atoms with Crippen molar-refractivity contribution in [2.45, 2.75) is 82.8 Å². The van der Waals surface area contributed by atoms with Gasteiger partial charge in [-0.3, -0.25) is 19.3 Å². The number of primary amides is 1. The first-order valence-corrected chi connectivity index (χ1v) is 12.5. The molecule has 37 heavy (non-hydrogen) atoms. The molecule has 1 aromatic heterocycles. The number of nitrogens with two attached hydrogens (primary N) is 1. The molecule has 4 rings (SSSR count). The minimum absolute atomic E-state index is 0.0547. The third-order valence-electron chi connectivity index (χ3n) is 6.83. The predicted octanol–water partition coefficient (Wildman–Crippen LogP) is 0.944. The summed E-state index contributed by atoms with van der Waals surface area (Å²) in [6, 6.07) is 4.29. The predicted molar refractivity (Wildman–Crippen MR) is 135 cm³/mol. The van der Waals surface area contributed by atoms with Crippen molar-refractivity contribution >= 4 is 34.7 Å². The summed E-state index contributed by atoms with van der Waals surface area (Å²) >= 11 is 0. The number of fused-ring (bicyclic) bond motifs is 2. The summed E-state index contributed by atoms with van der Waals surface area (Å²) in [6.45, 7) is 6.63. The molecule has 6 atom stereocenters. The van der Waals surface area contributed by atoms with Crippen LogP contribution in [0.3, 0.4) is 0 Å². The highest BCUT2D eigenvalue weighted by atomic mass is 16.6. The smallest absolute Gasteiger partial charge is 0.411 e. The first kappa shape index (κ1) is 26.5. The molecule has 2 aliphatic rings. The third-order valence-corrected chi connectivity index (χ3v) is 6.83. The van der Waals surface area contributed by atoms with Crippen molar-refractivity contribution in [3.8, 4) is 0 Å². The van der Waals surface area contributed by atoms with Gasteiger partial charge in [0.15, 0.2) is 0 Å². The highest BCUT2D eigenvalue weighted by Crippen LogP contribution is 2.48. The van der Waals surface area contributed by atoms with Crippen LogP contribution in [0.25, 0.3) is 10.9 Å². The number of nitrogens with one attached hydrogen (secondary N) is 3. The average molecular weight is 514 g/mol. The molecule has 2 heterocycles. The fourth-order valence-electron chi connectivity index (χ4n) is 4.95. The van der Waals surface area contributed by atoms with E-state index in [-0.39, 0.29) is 18.4 Å². The van der Waals surface area contributed by atoms with E-state index in [1.807, 2.05) is 24.3 Å². The largest absolute Gasteiger partial charge is 0.444 e. The summed E-state index contributed by atoms with van der Waals surface area (Å²) in [5, 5.41) is 16.1. The monoisotopic (exact) mass is 513 g/mol. The second kappa shape index (κ2) is 10.0. The number of hydrogen-bond donors (Lipinski definition) is 5. The lowest BCUT2D eigenvalue weighted by Gasteiger charge is -2.31. The van der Waals surface area contributed by atoms with Gasteiger partial charge < -0.3 is 31.2 Å². The third kappa shape index (κ3) is 5.87. The standard InChI is InChI=1S/C26H35N5O6/c1-13(32)21(22(27)33)30-23(34)18(9-15-12-28-17-8-6-5-7-16(15)17)29-24(35)20-11-14-10-19(14)31(20)25(36)37-26(2,3)4/h5-8,12-14,18-21,28,32H,9-11H2,1-4H3,(H2,27,33)(H,29,35)(H,30,34)/t13-,14+,18+,19+,20+,21+/m1/s1. The highest BCUT2D eigenvalue weighted by molar-refractivity contribution is 5.95. The Hall–Kier alpha value is -3.60. The van der Waals surface area contributed by atoms with Gasteiger partial charge in [0, 0.05) is 29.6 Å². The van der Waals surface area contributed by atoms with Crippen molar-refractivity contribution in [2.24, 2.45) is 11.7 Å². The SMILES string of the molecule is C[C@@H](O)[C@H](NC(=O)[C@H](Cc1c[nH]c2ccccc12)NC(=O)[C@@H]1C[C@@H]2C[C@@H]2N1C(=O)OC(C)(C)C)C(N)=O. The maximum Gasteiger partial charge on any atom is 0.411 e. The number of rotatable bonds is 8. The second-order valence-electron chi connectivity index (χ2n) is 11.0. The molecule has 1 aromatic carbocycles. The van der Waals surface area contributed by atoms with Gasteiger partial charge >= 0.3 is 6.09 Å². The molecular weight excluding hydrogens is 478 g/mol. The lowest BCUT2D eigenvalue weighted by Crippen LogP contribution is -2.59. The van der Waals surface area contributed by atoms with Gasteiger partial charge in [-0.05, 0) is 58.1 Å². The maximum absolute atomic E-state index is 13.5. The summed E-state index contributed by atoms with van der Waals surface area (Å²) in [6.07, 6.45) is 1.38. The first-order valence-electron chi connectivity index (χ1n) is 12.5. The molecule has 0 unspecified atom stereocenters. The Morgan fingerprint density at radius 3 is 2.54 bits per heavy atom. The number of carbonyl (C=O) groups excluding carboxylic acids is 4. The zero-order chi connectivity index (χ0) is 27.1. The maximum atomic E-state index is 13.5. The number of aliphatic hydroxyl groups excluding tert-OH is 1. The van der Waals surface area contributed by atoms with Crippen LogP contribution in [-0.4, -0.2) is 74.7 Å². The number of piperidine rings is 1. The first-order chi connectivity index (χ1) is 17.4. The van der Waals surface area contributed by atoms with Crippen LogP contribution in [-0.2, 0) is 25.5 Å². The number of ether oxygens (including phenoxy) is 1. The van der Waals surface area contributed by atoms with Crippen molar-refractivity contribution in [3.63, 3.8) is 0 Å². The molecule has 0 spiro atoms. The van der Waals surface area contributed by atoms with Gasteiger partial charge in [-0.1, -0.05) is 18.2 Å². The zero-order valence-electron chi connectivity index (χ0n) is 21.5. The van der Waals surface area contributed by atoms with Gasteiger partial charge in [0.25, 0.3) is 0 Å². The van der Waals surface area contributed by atoms with Crippen molar-refractivity contribution in [3.05, 3.63) is 36.0 Å². The topological polar surface area (TPSA) is 167 Å². The summed E-state index contributed by atoms with van der Waals surface area (Å²) in [5.41, 5.74) is 6.29. The average Bonchev–Trinajstić information content (AvgIpc) is 3.27. The van der Waals surface area contributed by atoms with Crippen LogP contribution in [0.1, 0.15) is 46.1 Å². The Morgan fingerprint density at radius 1 is 1.19 bits per heavy atom. The Morgan fingerprint density at radius 2 is 1.89 bits per heavy atom. The van der Waals surface area contributed by atoms with Crippen LogP contribution < -0.4 is 16.4 Å². The van der Waals surface area contributed by atoms with Crippen molar-refractivity contribution < 1.29 is 29.0 Å². The molecule has 4 amide bonds. The molecule has 11 heteroatoms. The van der Waals surface area contributed by atoms with Crippen molar-refractivity contribution in [1.82, 2.24) is 20.5 Å². The van der Waals surface area contributed by atoms with Crippen LogP contribution in [0, 0.1) is 5.92 Å². The van der Waals surface area contributed by atoms with Gasteiger partial charge in [-0.2, -0.15) is 0 Å². The molecule has 1 saturated heterocycles. The zero-order valence-corrected chi connectivity index (χ0v) is 21.5. The number of likely N-dealkylation sites (tertiary alicyclic amines) is 1. The fraction of sp³-hybridized carbons (Fsp3) is 0.538. The number of aliphatic hydroxyl groups is 1. The van der Waals surface area contributed by atoms with Gasteiger partial charge in [-0.25, -0.2) is 4.79 Å². The number of hydrogen-bond acceptors (Lipinski definition) is 6. The van der Waals surface area contributed by atoms with Crippen LogP contribution in [0.15, 0.2) is 30.5 Å². The van der Waals surface area contributed by atoms with E-state index in [4.69, 9.17) is 10.5 Å². The Kier molecular flexibility index (Phi) is 7.18. The van der Waals surface area contributed by atoms with Crippen LogP contribution in [0.2, 0.25) is 0 Å². The minimum Gasteiger partial charge on any atom is -0.444 e. The molecule has 1 saturated carbocycles. The molecule has 6 N–H and O–H groups in total. The number of aromatic amines is 1. The Balaban J connectivity index is 1.56. The highest BCUT2D eigenvalue weighted by Gasteiger charge is 2.57. The van der Waals surface area contributed by atoms with Gasteiger partial charge in [0.05, 0.1) is 6.10 Å². The number of benzene rings is 1. The molecule has 0 radical (unpaired) electrons. The van der Waals surface area contributed by atoms with E-state index in [0.29, 0.717) is 6.42 Å². The van der Waals surface area contributed by atoms with Gasteiger partial charge in [0.1, 0.15) is 23.7 Å². The normalized spacial score (nSPS) is 23.1. The Bertz CT molecular complexity index is 1200. The lowest BCUT2D eigenvalue weighted by molar-refractivity contribution is -0.134. The van der Waals surface area contributed by atoms with Crippen molar-refractivity contribution in [1.29, 1.82) is 0 Å². The van der Waals surface area contributed by atoms with E-state index in [1.165, 1.54) is 11.8 Å². The number of H-pyrrole nitrogens is 1. The van der Waals surface area contributed by atoms with E-state index in [2.05, 4.69) is 15.6 Å². The fourth-order valence-corrected chi connectivity index (χ4v) is 4.95.